The van der Waals surface area contributed by atoms with Gasteiger partial charge in [0.1, 0.15) is 0 Å². The summed E-state index contributed by atoms with van der Waals surface area (Å²) in [6.45, 7) is 1.19. The Hall–Kier alpha value is -0.860. The molecule has 20 heavy (non-hydrogen) atoms. The molecule has 2 heteroatoms. The van der Waals surface area contributed by atoms with E-state index in [-0.39, 0.29) is 6.10 Å². The van der Waals surface area contributed by atoms with Gasteiger partial charge in [-0.25, -0.2) is 0 Å². The minimum atomic E-state index is -0.271. The fraction of sp³-hybridized carbons (Fsp3) is 0.667. The lowest BCUT2D eigenvalue weighted by Gasteiger charge is -2.47. The summed E-state index contributed by atoms with van der Waals surface area (Å²) in [5.41, 5.74) is 2.54. The summed E-state index contributed by atoms with van der Waals surface area (Å²) in [5.74, 6) is 0.897. The Morgan fingerprint density at radius 2 is 1.75 bits per heavy atom. The fourth-order valence-corrected chi connectivity index (χ4v) is 4.93. The third kappa shape index (κ3) is 2.01. The number of hydrogen-bond donors (Lipinski definition) is 1. The molecule has 1 aromatic carbocycles. The van der Waals surface area contributed by atoms with Crippen LogP contribution < -0.4 is 0 Å². The van der Waals surface area contributed by atoms with E-state index < -0.39 is 0 Å². The van der Waals surface area contributed by atoms with Crippen LogP contribution in [0.4, 0.5) is 0 Å². The lowest BCUT2D eigenvalue weighted by molar-refractivity contribution is -0.0205. The monoisotopic (exact) mass is 271 g/mol. The predicted molar refractivity (Wildman–Crippen MR) is 80.6 cm³/mol. The Balaban J connectivity index is 1.59. The maximum atomic E-state index is 10.7. The van der Waals surface area contributed by atoms with E-state index in [1.165, 1.54) is 56.2 Å². The first-order chi connectivity index (χ1) is 9.84. The molecule has 0 aromatic heterocycles. The van der Waals surface area contributed by atoms with E-state index in [0.717, 1.165) is 18.4 Å². The highest BCUT2D eigenvalue weighted by molar-refractivity contribution is 5.36. The Morgan fingerprint density at radius 3 is 2.65 bits per heavy atom. The topological polar surface area (TPSA) is 23.5 Å². The molecular weight excluding hydrogens is 246 g/mol. The van der Waals surface area contributed by atoms with Crippen molar-refractivity contribution in [2.24, 2.45) is 5.92 Å². The van der Waals surface area contributed by atoms with E-state index >= 15 is 0 Å². The molecule has 2 fully saturated rings. The molecule has 2 aliphatic carbocycles. The minimum Gasteiger partial charge on any atom is -0.387 e. The molecule has 0 amide bonds. The molecule has 0 spiro atoms. The van der Waals surface area contributed by atoms with Gasteiger partial charge in [-0.2, -0.15) is 0 Å². The Labute approximate surface area is 121 Å². The molecule has 1 aliphatic heterocycles. The summed E-state index contributed by atoms with van der Waals surface area (Å²) in [6.07, 6.45) is 9.07. The van der Waals surface area contributed by atoms with Gasteiger partial charge < -0.3 is 5.11 Å². The van der Waals surface area contributed by atoms with Gasteiger partial charge in [0.25, 0.3) is 0 Å². The molecular formula is C18H25NO. The SMILES string of the molecule is OC1c2ccccc2CC1N1CCC[C@H]2CCCC[C@H]21. The van der Waals surface area contributed by atoms with Crippen LogP contribution in [-0.2, 0) is 6.42 Å². The van der Waals surface area contributed by atoms with Crippen LogP contribution in [0.2, 0.25) is 0 Å². The van der Waals surface area contributed by atoms with Crippen molar-refractivity contribution in [1.29, 1.82) is 0 Å². The molecule has 2 nitrogen and oxygen atoms in total. The smallest absolute Gasteiger partial charge is 0.0951 e. The van der Waals surface area contributed by atoms with Crippen LogP contribution in [0, 0.1) is 5.92 Å². The first-order valence-corrected chi connectivity index (χ1v) is 8.36. The van der Waals surface area contributed by atoms with Gasteiger partial charge in [0.2, 0.25) is 0 Å². The van der Waals surface area contributed by atoms with E-state index in [4.69, 9.17) is 0 Å². The van der Waals surface area contributed by atoms with Gasteiger partial charge in [-0.1, -0.05) is 37.1 Å². The first kappa shape index (κ1) is 12.8. The van der Waals surface area contributed by atoms with Crippen LogP contribution in [0.15, 0.2) is 24.3 Å². The minimum absolute atomic E-state index is 0.271. The summed E-state index contributed by atoms with van der Waals surface area (Å²) in [7, 11) is 0. The number of nitrogens with zero attached hydrogens (tertiary/aromatic N) is 1. The largest absolute Gasteiger partial charge is 0.387 e. The zero-order valence-corrected chi connectivity index (χ0v) is 12.2. The number of fused-ring (bicyclic) bond motifs is 2. The molecule has 0 bridgehead atoms. The van der Waals surface area contributed by atoms with Gasteiger partial charge in [-0.05, 0) is 55.7 Å². The average molecular weight is 271 g/mol. The molecule has 1 saturated carbocycles. The zero-order valence-electron chi connectivity index (χ0n) is 12.2. The van der Waals surface area contributed by atoms with Gasteiger partial charge in [-0.15, -0.1) is 0 Å². The van der Waals surface area contributed by atoms with Crippen molar-refractivity contribution in [3.63, 3.8) is 0 Å². The molecule has 3 aliphatic rings. The van der Waals surface area contributed by atoms with Crippen molar-refractivity contribution in [2.45, 2.75) is 63.1 Å². The predicted octanol–water partition coefficient (Wildman–Crippen LogP) is 3.30. The Kier molecular flexibility index (Phi) is 3.31. The molecule has 4 rings (SSSR count). The zero-order chi connectivity index (χ0) is 13.5. The third-order valence-electron chi connectivity index (χ3n) is 5.88. The first-order valence-electron chi connectivity index (χ1n) is 8.36. The number of aliphatic hydroxyl groups excluding tert-OH is 1. The maximum Gasteiger partial charge on any atom is 0.0951 e. The Bertz CT molecular complexity index is 484. The molecule has 1 heterocycles. The lowest BCUT2D eigenvalue weighted by atomic mass is 9.77. The standard InChI is InChI=1S/C18H25NO/c20-18-15-9-3-1-7-14(15)12-17(18)19-11-5-8-13-6-2-4-10-16(13)19/h1,3,7,9,13,16-18,20H,2,4-6,8,10-12H2/t13-,16-,17?,18?/m1/s1. The molecule has 1 saturated heterocycles. The molecule has 0 radical (unpaired) electrons. The summed E-state index contributed by atoms with van der Waals surface area (Å²) in [6, 6.07) is 9.55. The second-order valence-electron chi connectivity index (χ2n) is 6.91. The number of aliphatic hydroxyl groups is 1. The quantitative estimate of drug-likeness (QED) is 0.847. The number of benzene rings is 1. The van der Waals surface area contributed by atoms with Crippen molar-refractivity contribution in [3.05, 3.63) is 35.4 Å². The summed E-state index contributed by atoms with van der Waals surface area (Å²) in [4.78, 5) is 2.68. The van der Waals surface area contributed by atoms with Crippen LogP contribution in [0.5, 0.6) is 0 Å². The van der Waals surface area contributed by atoms with E-state index in [1.54, 1.807) is 0 Å². The average Bonchev–Trinajstić information content (AvgIpc) is 2.84. The van der Waals surface area contributed by atoms with Gasteiger partial charge in [-0.3, -0.25) is 4.90 Å². The molecule has 108 valence electrons. The van der Waals surface area contributed by atoms with Crippen LogP contribution in [0.25, 0.3) is 0 Å². The summed E-state index contributed by atoms with van der Waals surface area (Å²) >= 11 is 0. The third-order valence-corrected chi connectivity index (χ3v) is 5.88. The second-order valence-corrected chi connectivity index (χ2v) is 6.91. The molecule has 2 unspecified atom stereocenters. The lowest BCUT2D eigenvalue weighted by Crippen LogP contribution is -2.52. The number of hydrogen-bond acceptors (Lipinski definition) is 2. The summed E-state index contributed by atoms with van der Waals surface area (Å²) < 4.78 is 0. The normalized spacial score (nSPS) is 37.5. The van der Waals surface area contributed by atoms with Crippen LogP contribution in [0.1, 0.15) is 55.8 Å². The van der Waals surface area contributed by atoms with Crippen molar-refractivity contribution in [3.8, 4) is 0 Å². The highest BCUT2D eigenvalue weighted by Gasteiger charge is 2.42. The highest BCUT2D eigenvalue weighted by atomic mass is 16.3. The maximum absolute atomic E-state index is 10.7. The van der Waals surface area contributed by atoms with Gasteiger partial charge >= 0.3 is 0 Å². The van der Waals surface area contributed by atoms with Gasteiger partial charge in [0, 0.05) is 12.1 Å². The second kappa shape index (κ2) is 5.16. The molecule has 1 aromatic rings. The van der Waals surface area contributed by atoms with Gasteiger partial charge in [0.05, 0.1) is 6.10 Å². The molecule has 1 N–H and O–H groups in total. The van der Waals surface area contributed by atoms with Crippen LogP contribution >= 0.6 is 0 Å². The van der Waals surface area contributed by atoms with Crippen molar-refractivity contribution in [2.75, 3.05) is 6.54 Å². The van der Waals surface area contributed by atoms with Crippen molar-refractivity contribution < 1.29 is 5.11 Å². The fourth-order valence-electron chi connectivity index (χ4n) is 4.93. The van der Waals surface area contributed by atoms with Crippen LogP contribution in [0.3, 0.4) is 0 Å². The van der Waals surface area contributed by atoms with E-state index in [2.05, 4.69) is 29.2 Å². The highest BCUT2D eigenvalue weighted by Crippen LogP contribution is 2.42. The van der Waals surface area contributed by atoms with Crippen molar-refractivity contribution in [1.82, 2.24) is 4.90 Å². The molecule has 4 atom stereocenters. The van der Waals surface area contributed by atoms with E-state index in [1.807, 2.05) is 0 Å². The number of likely N-dealkylation sites (tertiary alicyclic amines) is 1. The van der Waals surface area contributed by atoms with Crippen molar-refractivity contribution >= 4 is 0 Å². The Morgan fingerprint density at radius 1 is 0.950 bits per heavy atom. The van der Waals surface area contributed by atoms with Gasteiger partial charge in [0.15, 0.2) is 0 Å². The summed E-state index contributed by atoms with van der Waals surface area (Å²) in [5, 5.41) is 10.7. The van der Waals surface area contributed by atoms with E-state index in [9.17, 15) is 5.11 Å². The van der Waals surface area contributed by atoms with Crippen LogP contribution in [-0.4, -0.2) is 28.6 Å². The van der Waals surface area contributed by atoms with E-state index in [0.29, 0.717) is 6.04 Å². The number of rotatable bonds is 1. The number of piperidine rings is 1.